The van der Waals surface area contributed by atoms with Crippen molar-refractivity contribution in [3.8, 4) is 0 Å². The maximum Gasteiger partial charge on any atom is 0.338 e. The second-order valence-electron chi connectivity index (χ2n) is 10.8. The van der Waals surface area contributed by atoms with E-state index in [4.69, 9.17) is 4.74 Å². The van der Waals surface area contributed by atoms with E-state index in [0.717, 1.165) is 11.1 Å². The first-order valence-electron chi connectivity index (χ1n) is 12.7. The smallest absolute Gasteiger partial charge is 0.338 e. The van der Waals surface area contributed by atoms with Crippen molar-refractivity contribution in [3.63, 3.8) is 0 Å². The van der Waals surface area contributed by atoms with Crippen LogP contribution in [0.5, 0.6) is 0 Å². The Bertz CT molecular complexity index is 1360. The number of pyridine rings is 1. The van der Waals surface area contributed by atoms with Gasteiger partial charge in [-0.2, -0.15) is 0 Å². The summed E-state index contributed by atoms with van der Waals surface area (Å²) >= 11 is 0. The molecule has 1 saturated heterocycles. The third-order valence-electron chi connectivity index (χ3n) is 6.63. The maximum absolute atomic E-state index is 13.5. The van der Waals surface area contributed by atoms with Gasteiger partial charge in [-0.25, -0.2) is 19.5 Å². The van der Waals surface area contributed by atoms with E-state index in [1.165, 1.54) is 4.90 Å². The molecule has 0 radical (unpaired) electrons. The van der Waals surface area contributed by atoms with Crippen LogP contribution in [-0.2, 0) is 21.5 Å². The summed E-state index contributed by atoms with van der Waals surface area (Å²) in [5.41, 5.74) is 2.55. The first-order valence-corrected chi connectivity index (χ1v) is 12.7. The van der Waals surface area contributed by atoms with Gasteiger partial charge in [-0.1, -0.05) is 39.0 Å². The number of carbonyl (C=O) groups excluding carboxylic acids is 3. The highest BCUT2D eigenvalue weighted by Gasteiger charge is 2.51. The van der Waals surface area contributed by atoms with E-state index in [1.54, 1.807) is 50.1 Å². The predicted molar refractivity (Wildman–Crippen MR) is 148 cm³/mol. The zero-order valence-electron chi connectivity index (χ0n) is 22.7. The lowest BCUT2D eigenvalue weighted by Gasteiger charge is -2.27. The maximum atomic E-state index is 13.5. The Balaban J connectivity index is 1.53. The first kappa shape index (κ1) is 26.9. The van der Waals surface area contributed by atoms with Crippen LogP contribution in [0.4, 0.5) is 22.0 Å². The zero-order chi connectivity index (χ0) is 27.7. The Hall–Kier alpha value is -4.20. The minimum atomic E-state index is -1.02. The Labute approximate surface area is 223 Å². The summed E-state index contributed by atoms with van der Waals surface area (Å²) in [5.74, 6) is -0.113. The van der Waals surface area contributed by atoms with Crippen LogP contribution in [0.1, 0.15) is 63.0 Å². The van der Waals surface area contributed by atoms with Gasteiger partial charge in [0.05, 0.1) is 17.9 Å². The molecular weight excluding hydrogens is 480 g/mol. The van der Waals surface area contributed by atoms with Crippen molar-refractivity contribution >= 4 is 35.1 Å². The quantitative estimate of drug-likeness (QED) is 0.305. The molecule has 1 fully saturated rings. The van der Waals surface area contributed by atoms with Crippen molar-refractivity contribution in [1.82, 2.24) is 9.88 Å². The molecule has 0 atom stereocenters. The Kier molecular flexibility index (Phi) is 7.26. The number of hydrogen-bond acceptors (Lipinski definition) is 6. The number of hydrogen-bond donors (Lipinski definition) is 1. The lowest BCUT2D eigenvalue weighted by molar-refractivity contribution is -0.123. The van der Waals surface area contributed by atoms with Crippen LogP contribution >= 0.6 is 0 Å². The molecule has 1 aliphatic rings. The van der Waals surface area contributed by atoms with Crippen LogP contribution < -0.4 is 10.2 Å². The zero-order valence-corrected chi connectivity index (χ0v) is 22.7. The molecule has 2 heterocycles. The second kappa shape index (κ2) is 10.3. The minimum absolute atomic E-state index is 0.0317. The number of nitrogens with zero attached hydrogens (tertiary/aromatic N) is 3. The van der Waals surface area contributed by atoms with Crippen LogP contribution in [-0.4, -0.2) is 39.9 Å². The molecule has 4 rings (SSSR count). The average molecular weight is 515 g/mol. The van der Waals surface area contributed by atoms with Gasteiger partial charge >= 0.3 is 12.0 Å². The van der Waals surface area contributed by atoms with Crippen molar-refractivity contribution in [2.45, 2.75) is 59.0 Å². The lowest BCUT2D eigenvalue weighted by Crippen LogP contribution is -2.43. The number of nitrogens with one attached hydrogen (secondary N) is 1. The van der Waals surface area contributed by atoms with Crippen molar-refractivity contribution in [3.05, 3.63) is 83.6 Å². The second-order valence-corrected chi connectivity index (χ2v) is 10.8. The first-order chi connectivity index (χ1) is 17.9. The third-order valence-corrected chi connectivity index (χ3v) is 6.63. The lowest BCUT2D eigenvalue weighted by atomic mass is 9.87. The van der Waals surface area contributed by atoms with E-state index in [9.17, 15) is 14.4 Å². The highest BCUT2D eigenvalue weighted by atomic mass is 16.5. The molecule has 1 aromatic heterocycles. The van der Waals surface area contributed by atoms with Gasteiger partial charge in [0.25, 0.3) is 5.91 Å². The average Bonchev–Trinajstić information content (AvgIpc) is 3.03. The molecule has 2 aromatic carbocycles. The van der Waals surface area contributed by atoms with Crippen LogP contribution in [0.25, 0.3) is 0 Å². The van der Waals surface area contributed by atoms with Crippen LogP contribution in [0.3, 0.4) is 0 Å². The van der Waals surface area contributed by atoms with Gasteiger partial charge in [0.2, 0.25) is 0 Å². The Morgan fingerprint density at radius 3 is 2.39 bits per heavy atom. The molecule has 3 aromatic rings. The molecule has 198 valence electrons. The van der Waals surface area contributed by atoms with Gasteiger partial charge in [0.1, 0.15) is 11.4 Å². The summed E-state index contributed by atoms with van der Waals surface area (Å²) in [5, 5.41) is 3.20. The molecule has 0 aliphatic carbocycles. The fraction of sp³-hybridized carbons (Fsp3) is 0.333. The van der Waals surface area contributed by atoms with E-state index in [0.29, 0.717) is 29.4 Å². The molecule has 3 amide bonds. The van der Waals surface area contributed by atoms with Crippen molar-refractivity contribution in [1.29, 1.82) is 0 Å². The monoisotopic (exact) mass is 514 g/mol. The summed E-state index contributed by atoms with van der Waals surface area (Å²) in [7, 11) is 0. The largest absolute Gasteiger partial charge is 0.462 e. The molecule has 8 nitrogen and oxygen atoms in total. The SMILES string of the molecule is CCOC(=O)c1cccc(Nc2cc(CN3C(=O)N(c4ccc(C(C)(C)C)cc4)C(=O)C3(C)C)ccn2)c1. The van der Waals surface area contributed by atoms with Crippen molar-refractivity contribution in [2.24, 2.45) is 0 Å². The Morgan fingerprint density at radius 2 is 1.74 bits per heavy atom. The molecule has 1 N–H and O–H groups in total. The Morgan fingerprint density at radius 1 is 1.03 bits per heavy atom. The van der Waals surface area contributed by atoms with Gasteiger partial charge in [0.15, 0.2) is 0 Å². The van der Waals surface area contributed by atoms with Crippen molar-refractivity contribution < 1.29 is 19.1 Å². The van der Waals surface area contributed by atoms with Gasteiger partial charge in [-0.3, -0.25) is 4.79 Å². The fourth-order valence-electron chi connectivity index (χ4n) is 4.35. The van der Waals surface area contributed by atoms with Crippen LogP contribution in [0.2, 0.25) is 0 Å². The molecule has 0 spiro atoms. The molecule has 0 bridgehead atoms. The number of ether oxygens (including phenoxy) is 1. The van der Waals surface area contributed by atoms with Crippen molar-refractivity contribution in [2.75, 3.05) is 16.8 Å². The summed E-state index contributed by atoms with van der Waals surface area (Å²) in [6, 6.07) is 17.8. The summed E-state index contributed by atoms with van der Waals surface area (Å²) in [6.07, 6.45) is 1.64. The number of benzene rings is 2. The number of urea groups is 1. The topological polar surface area (TPSA) is 91.8 Å². The van der Waals surface area contributed by atoms with E-state index in [-0.39, 0.29) is 23.9 Å². The van der Waals surface area contributed by atoms with Gasteiger partial charge < -0.3 is 15.0 Å². The molecule has 0 saturated carbocycles. The summed E-state index contributed by atoms with van der Waals surface area (Å²) in [4.78, 5) is 46.1. The number of imide groups is 1. The number of aromatic nitrogens is 1. The van der Waals surface area contributed by atoms with E-state index in [2.05, 4.69) is 31.1 Å². The molecule has 38 heavy (non-hydrogen) atoms. The highest BCUT2D eigenvalue weighted by molar-refractivity contribution is 6.22. The van der Waals surface area contributed by atoms with E-state index in [1.807, 2.05) is 42.5 Å². The number of carbonyl (C=O) groups is 3. The van der Waals surface area contributed by atoms with Crippen LogP contribution in [0, 0.1) is 0 Å². The number of esters is 1. The van der Waals surface area contributed by atoms with Gasteiger partial charge in [-0.05, 0) is 79.8 Å². The molecule has 0 unspecified atom stereocenters. The minimum Gasteiger partial charge on any atom is -0.462 e. The summed E-state index contributed by atoms with van der Waals surface area (Å²) in [6.45, 7) is 12.2. The van der Waals surface area contributed by atoms with Gasteiger partial charge in [0, 0.05) is 18.4 Å². The molecule has 1 aliphatic heterocycles. The third kappa shape index (κ3) is 5.39. The fourth-order valence-corrected chi connectivity index (χ4v) is 4.35. The summed E-state index contributed by atoms with van der Waals surface area (Å²) < 4.78 is 5.07. The highest BCUT2D eigenvalue weighted by Crippen LogP contribution is 2.34. The standard InChI is InChI=1S/C30H34N4O4/c1-7-38-26(35)21-9-8-10-23(18-21)32-25-17-20(15-16-31-25)19-33-28(37)34(27(36)30(33,5)6)24-13-11-22(12-14-24)29(2,3)4/h8-18H,7,19H2,1-6H3,(H,31,32). The number of amides is 3. The predicted octanol–water partition coefficient (Wildman–Crippen LogP) is 6.05. The van der Waals surface area contributed by atoms with E-state index >= 15 is 0 Å². The molecule has 8 heteroatoms. The van der Waals surface area contributed by atoms with Gasteiger partial charge in [-0.15, -0.1) is 0 Å². The number of anilines is 3. The number of rotatable bonds is 7. The normalized spacial score (nSPS) is 15.1. The van der Waals surface area contributed by atoms with Crippen LogP contribution in [0.15, 0.2) is 66.9 Å². The van der Waals surface area contributed by atoms with E-state index < -0.39 is 11.5 Å². The molecular formula is C30H34N4O4.